The molecule has 2 bridgehead atoms. The summed E-state index contributed by atoms with van der Waals surface area (Å²) in [5, 5.41) is 0.693. The van der Waals surface area contributed by atoms with Crippen molar-refractivity contribution in [3.05, 3.63) is 34.9 Å². The Bertz CT molecular complexity index is 864. The van der Waals surface area contributed by atoms with Crippen molar-refractivity contribution in [1.29, 1.82) is 0 Å². The number of rotatable bonds is 4. The van der Waals surface area contributed by atoms with E-state index in [9.17, 15) is 13.2 Å². The Balaban J connectivity index is 1.58. The van der Waals surface area contributed by atoms with Crippen molar-refractivity contribution in [2.24, 2.45) is 16.7 Å². The summed E-state index contributed by atoms with van der Waals surface area (Å²) in [5.74, 6) is 0.661. The lowest BCUT2D eigenvalue weighted by Gasteiger charge is -2.38. The van der Waals surface area contributed by atoms with Gasteiger partial charge in [-0.1, -0.05) is 44.0 Å². The summed E-state index contributed by atoms with van der Waals surface area (Å²) in [5.41, 5.74) is 0.222. The third kappa shape index (κ3) is 3.23. The van der Waals surface area contributed by atoms with Crippen LogP contribution >= 0.6 is 11.6 Å². The van der Waals surface area contributed by atoms with E-state index in [0.717, 1.165) is 37.7 Å². The lowest BCUT2D eigenvalue weighted by molar-refractivity contribution is -0.128. The van der Waals surface area contributed by atoms with Crippen LogP contribution in [0.4, 0.5) is 0 Å². The first-order valence-corrected chi connectivity index (χ1v) is 12.4. The number of fused-ring (bicyclic) bond motifs is 2. The fourth-order valence-electron chi connectivity index (χ4n) is 5.88. The minimum atomic E-state index is -3.50. The molecule has 6 heteroatoms. The van der Waals surface area contributed by atoms with E-state index in [1.54, 1.807) is 4.31 Å². The van der Waals surface area contributed by atoms with Crippen molar-refractivity contribution in [3.8, 4) is 0 Å². The Labute approximate surface area is 173 Å². The van der Waals surface area contributed by atoms with Crippen LogP contribution < -0.4 is 0 Å². The molecule has 0 N–H and O–H groups in total. The van der Waals surface area contributed by atoms with Crippen LogP contribution in [0.25, 0.3) is 0 Å². The molecule has 3 aliphatic rings. The van der Waals surface area contributed by atoms with Crippen LogP contribution in [-0.4, -0.2) is 37.3 Å². The summed E-state index contributed by atoms with van der Waals surface area (Å²) >= 11 is 6.02. The minimum absolute atomic E-state index is 0.0182. The van der Waals surface area contributed by atoms with Gasteiger partial charge >= 0.3 is 0 Å². The Hall–Kier alpha value is -0.910. The first-order chi connectivity index (χ1) is 13.2. The lowest BCUT2D eigenvalue weighted by Crippen LogP contribution is -2.47. The number of sulfonamides is 1. The molecule has 2 saturated carbocycles. The predicted octanol–water partition coefficient (Wildman–Crippen LogP) is 4.63. The zero-order valence-electron chi connectivity index (χ0n) is 16.8. The average Bonchev–Trinajstić information content (AvgIpc) is 2.89. The largest absolute Gasteiger partial charge is 0.299 e. The molecule has 0 aromatic heterocycles. The van der Waals surface area contributed by atoms with Gasteiger partial charge in [-0.25, -0.2) is 12.7 Å². The van der Waals surface area contributed by atoms with Crippen LogP contribution in [0.2, 0.25) is 5.02 Å². The number of hydrogen-bond acceptors (Lipinski definition) is 3. The monoisotopic (exact) mass is 423 g/mol. The Morgan fingerprint density at radius 1 is 1.14 bits per heavy atom. The van der Waals surface area contributed by atoms with E-state index in [0.29, 0.717) is 30.5 Å². The van der Waals surface area contributed by atoms with Gasteiger partial charge in [0.2, 0.25) is 10.0 Å². The van der Waals surface area contributed by atoms with E-state index in [4.69, 9.17) is 11.6 Å². The molecule has 3 unspecified atom stereocenters. The molecular formula is C22H30ClNO3S. The van der Waals surface area contributed by atoms with Gasteiger partial charge in [0, 0.05) is 29.9 Å². The third-order valence-corrected chi connectivity index (χ3v) is 10.2. The van der Waals surface area contributed by atoms with Gasteiger partial charge in [-0.3, -0.25) is 4.79 Å². The van der Waals surface area contributed by atoms with Crippen LogP contribution in [0, 0.1) is 16.7 Å². The molecule has 1 aliphatic heterocycles. The first-order valence-electron chi connectivity index (χ1n) is 10.4. The maximum Gasteiger partial charge on any atom is 0.215 e. The number of Topliss-reactive ketones (excluding diaryl/α,β-unsaturated/α-hetero) is 1. The van der Waals surface area contributed by atoms with Crippen LogP contribution in [0.15, 0.2) is 24.3 Å². The van der Waals surface area contributed by atoms with Crippen molar-refractivity contribution in [1.82, 2.24) is 4.31 Å². The van der Waals surface area contributed by atoms with Crippen LogP contribution in [0.1, 0.15) is 63.9 Å². The molecule has 1 heterocycles. The van der Waals surface area contributed by atoms with Crippen molar-refractivity contribution in [2.45, 2.75) is 58.3 Å². The molecule has 4 nitrogen and oxygen atoms in total. The number of benzene rings is 1. The van der Waals surface area contributed by atoms with Crippen LogP contribution in [0.3, 0.4) is 0 Å². The van der Waals surface area contributed by atoms with E-state index in [1.807, 2.05) is 24.3 Å². The number of halogens is 1. The van der Waals surface area contributed by atoms with Gasteiger partial charge in [-0.05, 0) is 60.6 Å². The van der Waals surface area contributed by atoms with Gasteiger partial charge in [0.1, 0.15) is 5.78 Å². The van der Waals surface area contributed by atoms with Crippen LogP contribution in [-0.2, 0) is 14.8 Å². The molecule has 0 amide bonds. The topological polar surface area (TPSA) is 54.5 Å². The fraction of sp³-hybridized carbons (Fsp3) is 0.682. The second-order valence-electron chi connectivity index (χ2n) is 9.53. The van der Waals surface area contributed by atoms with Gasteiger partial charge in [-0.2, -0.15) is 0 Å². The maximum atomic E-state index is 13.5. The molecular weight excluding hydrogens is 394 g/mol. The summed E-state index contributed by atoms with van der Waals surface area (Å²) in [6.45, 7) is 5.26. The summed E-state index contributed by atoms with van der Waals surface area (Å²) in [6.07, 6.45) is 5.10. The van der Waals surface area contributed by atoms with Gasteiger partial charge in [0.05, 0.1) is 5.75 Å². The fourth-order valence-corrected chi connectivity index (χ4v) is 8.30. The Morgan fingerprint density at radius 2 is 1.86 bits per heavy atom. The van der Waals surface area contributed by atoms with Gasteiger partial charge in [0.25, 0.3) is 0 Å². The molecule has 0 radical (unpaired) electrons. The number of hydrogen-bond donors (Lipinski definition) is 0. The normalized spacial score (nSPS) is 33.2. The van der Waals surface area contributed by atoms with E-state index >= 15 is 0 Å². The van der Waals surface area contributed by atoms with Gasteiger partial charge in [-0.15, -0.1) is 0 Å². The van der Waals surface area contributed by atoms with E-state index in [-0.39, 0.29) is 22.9 Å². The number of nitrogens with zero attached hydrogens (tertiary/aromatic N) is 1. The molecule has 154 valence electrons. The average molecular weight is 424 g/mol. The SMILES string of the molecule is CC1(C)C2CCC1(CS(=O)(=O)N1CCCCC(c3ccc(Cl)cc3)C1)C(=O)C2. The Morgan fingerprint density at radius 3 is 2.46 bits per heavy atom. The Kier molecular flexibility index (Phi) is 5.17. The predicted molar refractivity (Wildman–Crippen MR) is 112 cm³/mol. The zero-order chi connectivity index (χ0) is 20.2. The van der Waals surface area contributed by atoms with E-state index in [1.165, 1.54) is 0 Å². The first kappa shape index (κ1) is 20.4. The minimum Gasteiger partial charge on any atom is -0.299 e. The molecule has 2 aliphatic carbocycles. The number of ketones is 1. The molecule has 28 heavy (non-hydrogen) atoms. The summed E-state index contributed by atoms with van der Waals surface area (Å²) < 4.78 is 28.7. The lowest BCUT2D eigenvalue weighted by atomic mass is 9.70. The second-order valence-corrected chi connectivity index (χ2v) is 11.9. The van der Waals surface area contributed by atoms with Crippen molar-refractivity contribution in [3.63, 3.8) is 0 Å². The molecule has 4 rings (SSSR count). The van der Waals surface area contributed by atoms with E-state index in [2.05, 4.69) is 13.8 Å². The maximum absolute atomic E-state index is 13.5. The highest BCUT2D eigenvalue weighted by Gasteiger charge is 2.65. The molecule has 3 atom stereocenters. The smallest absolute Gasteiger partial charge is 0.215 e. The van der Waals surface area contributed by atoms with Crippen LogP contribution in [0.5, 0.6) is 0 Å². The van der Waals surface area contributed by atoms with Crippen molar-refractivity contribution in [2.75, 3.05) is 18.8 Å². The van der Waals surface area contributed by atoms with Gasteiger partial charge in [0.15, 0.2) is 0 Å². The summed E-state index contributed by atoms with van der Waals surface area (Å²) in [7, 11) is -3.50. The molecule has 1 aromatic rings. The summed E-state index contributed by atoms with van der Waals surface area (Å²) in [4.78, 5) is 12.8. The second kappa shape index (κ2) is 7.10. The highest BCUT2D eigenvalue weighted by molar-refractivity contribution is 7.89. The highest BCUT2D eigenvalue weighted by Crippen LogP contribution is 2.64. The molecule has 1 saturated heterocycles. The number of carbonyl (C=O) groups is 1. The summed E-state index contributed by atoms with van der Waals surface area (Å²) in [6, 6.07) is 7.76. The zero-order valence-corrected chi connectivity index (χ0v) is 18.4. The molecule has 0 spiro atoms. The van der Waals surface area contributed by atoms with E-state index < -0.39 is 15.4 Å². The molecule has 1 aromatic carbocycles. The molecule has 3 fully saturated rings. The van der Waals surface area contributed by atoms with Gasteiger partial charge < -0.3 is 0 Å². The highest BCUT2D eigenvalue weighted by atomic mass is 35.5. The van der Waals surface area contributed by atoms with Crippen molar-refractivity contribution >= 4 is 27.4 Å². The third-order valence-electron chi connectivity index (χ3n) is 7.94. The standard InChI is InChI=1S/C22H30ClNO3S/c1-21(2)18-10-11-22(21,20(25)13-18)15-28(26,27)24-12-4-3-5-17(14-24)16-6-8-19(23)9-7-16/h6-9,17-18H,3-5,10-15H2,1-2H3. The number of carbonyl (C=O) groups excluding carboxylic acids is 1. The van der Waals surface area contributed by atoms with Crippen molar-refractivity contribution < 1.29 is 13.2 Å². The quantitative estimate of drug-likeness (QED) is 0.709.